The molecular formula is C19H39NO3. The lowest BCUT2D eigenvalue weighted by Crippen LogP contribution is -2.15. The summed E-state index contributed by atoms with van der Waals surface area (Å²) in [4.78, 5) is 11.8. The summed E-state index contributed by atoms with van der Waals surface area (Å²) in [5, 5.41) is 10.2. The molecule has 0 amide bonds. The molecule has 138 valence electrons. The van der Waals surface area contributed by atoms with E-state index in [4.69, 9.17) is 9.94 Å². The molecule has 0 heterocycles. The average Bonchev–Trinajstić information content (AvgIpc) is 2.52. The molecule has 4 heteroatoms. The summed E-state index contributed by atoms with van der Waals surface area (Å²) < 4.78 is 5.49. The monoisotopic (exact) mass is 329 g/mol. The Kier molecular flexibility index (Phi) is 15.8. The van der Waals surface area contributed by atoms with Crippen molar-refractivity contribution in [2.75, 3.05) is 20.2 Å². The van der Waals surface area contributed by atoms with Gasteiger partial charge in [0.1, 0.15) is 0 Å². The summed E-state index contributed by atoms with van der Waals surface area (Å²) in [6.45, 7) is 5.70. The molecule has 1 atom stereocenters. The van der Waals surface area contributed by atoms with E-state index in [1.54, 1.807) is 7.05 Å². The molecule has 1 unspecified atom stereocenters. The van der Waals surface area contributed by atoms with Crippen LogP contribution in [-0.2, 0) is 9.53 Å². The van der Waals surface area contributed by atoms with E-state index in [9.17, 15) is 4.79 Å². The van der Waals surface area contributed by atoms with Crippen molar-refractivity contribution in [3.63, 3.8) is 0 Å². The Morgan fingerprint density at radius 3 is 2.26 bits per heavy atom. The van der Waals surface area contributed by atoms with E-state index in [0.717, 1.165) is 19.3 Å². The number of rotatable bonds is 16. The van der Waals surface area contributed by atoms with Crippen LogP contribution in [0, 0.1) is 5.92 Å². The largest absolute Gasteiger partial charge is 0.465 e. The predicted molar refractivity (Wildman–Crippen MR) is 95.6 cm³/mol. The van der Waals surface area contributed by atoms with Gasteiger partial charge in [-0.2, -0.15) is 5.06 Å². The van der Waals surface area contributed by atoms with Gasteiger partial charge in [0.2, 0.25) is 0 Å². The van der Waals surface area contributed by atoms with Gasteiger partial charge >= 0.3 is 5.97 Å². The van der Waals surface area contributed by atoms with Gasteiger partial charge in [-0.05, 0) is 31.6 Å². The van der Waals surface area contributed by atoms with Crippen LogP contribution in [0.3, 0.4) is 0 Å². The first-order valence-electron chi connectivity index (χ1n) is 9.65. The summed E-state index contributed by atoms with van der Waals surface area (Å²) >= 11 is 0. The van der Waals surface area contributed by atoms with Crippen molar-refractivity contribution >= 4 is 5.97 Å². The smallest absolute Gasteiger partial charge is 0.305 e. The number of carbonyl (C=O) groups is 1. The Balaban J connectivity index is 3.77. The van der Waals surface area contributed by atoms with Crippen LogP contribution in [0.4, 0.5) is 0 Å². The van der Waals surface area contributed by atoms with Gasteiger partial charge in [0, 0.05) is 20.0 Å². The molecule has 0 aliphatic rings. The molecule has 0 fully saturated rings. The minimum absolute atomic E-state index is 0.0580. The van der Waals surface area contributed by atoms with Crippen LogP contribution in [0.2, 0.25) is 0 Å². The number of carbonyl (C=O) groups excluding carboxylic acids is 1. The highest BCUT2D eigenvalue weighted by molar-refractivity contribution is 5.69. The highest BCUT2D eigenvalue weighted by atomic mass is 16.5. The van der Waals surface area contributed by atoms with Crippen molar-refractivity contribution in [2.45, 2.75) is 90.9 Å². The molecule has 0 spiro atoms. The normalized spacial score (nSPS) is 12.6. The van der Waals surface area contributed by atoms with Gasteiger partial charge in [0.25, 0.3) is 0 Å². The van der Waals surface area contributed by atoms with Crippen LogP contribution in [0.15, 0.2) is 0 Å². The van der Waals surface area contributed by atoms with Crippen LogP contribution >= 0.6 is 0 Å². The van der Waals surface area contributed by atoms with Gasteiger partial charge in [0.15, 0.2) is 0 Å². The highest BCUT2D eigenvalue weighted by Gasteiger charge is 2.11. The standard InChI is InChI=1S/C19H39NO3/c1-4-6-8-10-14-18(13-7-5-2)17-23-19(21)15-11-9-12-16-20(3)22/h18,22H,4-17H2,1-3H3. The first-order chi connectivity index (χ1) is 11.1. The van der Waals surface area contributed by atoms with E-state index >= 15 is 0 Å². The van der Waals surface area contributed by atoms with Gasteiger partial charge in [0.05, 0.1) is 6.61 Å². The molecule has 0 rings (SSSR count). The molecule has 1 N–H and O–H groups in total. The van der Waals surface area contributed by atoms with Crippen LogP contribution in [0.1, 0.15) is 90.9 Å². The van der Waals surface area contributed by atoms with Crippen molar-refractivity contribution < 1.29 is 14.7 Å². The topological polar surface area (TPSA) is 49.8 Å². The minimum Gasteiger partial charge on any atom is -0.465 e. The molecule has 4 nitrogen and oxygen atoms in total. The molecule has 0 radical (unpaired) electrons. The molecule has 0 aromatic heterocycles. The van der Waals surface area contributed by atoms with Crippen LogP contribution in [-0.4, -0.2) is 36.4 Å². The molecule has 23 heavy (non-hydrogen) atoms. The average molecular weight is 330 g/mol. The maximum Gasteiger partial charge on any atom is 0.305 e. The molecule has 0 bridgehead atoms. The lowest BCUT2D eigenvalue weighted by Gasteiger charge is -2.17. The second-order valence-corrected chi connectivity index (χ2v) is 6.73. The third-order valence-corrected chi connectivity index (χ3v) is 4.27. The Bertz CT molecular complexity index is 269. The quantitative estimate of drug-likeness (QED) is 0.240. The van der Waals surface area contributed by atoms with Crippen molar-refractivity contribution in [1.82, 2.24) is 5.06 Å². The number of unbranched alkanes of at least 4 members (excludes halogenated alkanes) is 6. The third kappa shape index (κ3) is 16.0. The first-order valence-corrected chi connectivity index (χ1v) is 9.65. The summed E-state index contributed by atoms with van der Waals surface area (Å²) in [5.74, 6) is 0.483. The molecular weight excluding hydrogens is 290 g/mol. The van der Waals surface area contributed by atoms with E-state index in [-0.39, 0.29) is 5.97 Å². The first kappa shape index (κ1) is 22.4. The Morgan fingerprint density at radius 1 is 0.957 bits per heavy atom. The number of nitrogens with zero attached hydrogens (tertiary/aromatic N) is 1. The fourth-order valence-electron chi connectivity index (χ4n) is 2.73. The van der Waals surface area contributed by atoms with Gasteiger partial charge in [-0.15, -0.1) is 0 Å². The zero-order chi connectivity index (χ0) is 17.3. The SMILES string of the molecule is CCCCCCC(CCCC)COC(=O)CCCCCN(C)O. The summed E-state index contributed by atoms with van der Waals surface area (Å²) in [7, 11) is 1.64. The second kappa shape index (κ2) is 16.3. The lowest BCUT2D eigenvalue weighted by molar-refractivity contribution is -0.145. The van der Waals surface area contributed by atoms with Gasteiger partial charge in [-0.3, -0.25) is 4.79 Å². The number of ether oxygens (including phenoxy) is 1. The van der Waals surface area contributed by atoms with E-state index in [2.05, 4.69) is 13.8 Å². The lowest BCUT2D eigenvalue weighted by atomic mass is 9.96. The molecule has 0 aromatic rings. The van der Waals surface area contributed by atoms with E-state index in [1.165, 1.54) is 56.4 Å². The summed E-state index contributed by atoms with van der Waals surface area (Å²) in [5.41, 5.74) is 0. The summed E-state index contributed by atoms with van der Waals surface area (Å²) in [6.07, 6.45) is 13.2. The van der Waals surface area contributed by atoms with Crippen LogP contribution in [0.25, 0.3) is 0 Å². The molecule has 0 saturated carbocycles. The van der Waals surface area contributed by atoms with Crippen molar-refractivity contribution in [2.24, 2.45) is 5.92 Å². The fourth-order valence-corrected chi connectivity index (χ4v) is 2.73. The van der Waals surface area contributed by atoms with E-state index in [0.29, 0.717) is 25.5 Å². The van der Waals surface area contributed by atoms with Gasteiger partial charge in [-0.25, -0.2) is 0 Å². The third-order valence-electron chi connectivity index (χ3n) is 4.27. The number of hydrogen-bond donors (Lipinski definition) is 1. The minimum atomic E-state index is -0.0580. The highest BCUT2D eigenvalue weighted by Crippen LogP contribution is 2.18. The van der Waals surface area contributed by atoms with Crippen LogP contribution in [0.5, 0.6) is 0 Å². The Hall–Kier alpha value is -0.610. The van der Waals surface area contributed by atoms with Crippen LogP contribution < -0.4 is 0 Å². The summed E-state index contributed by atoms with van der Waals surface area (Å²) in [6, 6.07) is 0. The molecule has 0 aliphatic carbocycles. The second-order valence-electron chi connectivity index (χ2n) is 6.73. The van der Waals surface area contributed by atoms with Gasteiger partial charge in [-0.1, -0.05) is 58.8 Å². The maximum atomic E-state index is 11.8. The predicted octanol–water partition coefficient (Wildman–Crippen LogP) is 5.19. The van der Waals surface area contributed by atoms with E-state index < -0.39 is 0 Å². The Morgan fingerprint density at radius 2 is 1.61 bits per heavy atom. The number of esters is 1. The Labute approximate surface area is 143 Å². The van der Waals surface area contributed by atoms with Crippen molar-refractivity contribution in [3.05, 3.63) is 0 Å². The molecule has 0 aliphatic heterocycles. The molecule has 0 aromatic carbocycles. The van der Waals surface area contributed by atoms with Crippen molar-refractivity contribution in [1.29, 1.82) is 0 Å². The maximum absolute atomic E-state index is 11.8. The zero-order valence-corrected chi connectivity index (χ0v) is 15.7. The fraction of sp³-hybridized carbons (Fsp3) is 0.947. The zero-order valence-electron chi connectivity index (χ0n) is 15.7. The molecule has 0 saturated heterocycles. The van der Waals surface area contributed by atoms with E-state index in [1.807, 2.05) is 0 Å². The van der Waals surface area contributed by atoms with Crippen molar-refractivity contribution in [3.8, 4) is 0 Å². The number of hydroxylamine groups is 2. The van der Waals surface area contributed by atoms with Gasteiger partial charge < -0.3 is 9.94 Å². The number of hydrogen-bond acceptors (Lipinski definition) is 4.